The highest BCUT2D eigenvalue weighted by Gasteiger charge is 2.26. The zero-order chi connectivity index (χ0) is 16.4. The highest BCUT2D eigenvalue weighted by molar-refractivity contribution is 7.18. The molecule has 3 aromatic rings. The molecule has 0 aliphatic heterocycles. The molecule has 7 heteroatoms. The highest BCUT2D eigenvalue weighted by Crippen LogP contribution is 2.43. The maximum absolute atomic E-state index is 12.0. The monoisotopic (exact) mass is 341 g/mol. The minimum atomic E-state index is -0.174. The van der Waals surface area contributed by atoms with E-state index in [0.29, 0.717) is 12.5 Å². The third-order valence-electron chi connectivity index (χ3n) is 4.03. The molecule has 0 spiro atoms. The van der Waals surface area contributed by atoms with E-state index < -0.39 is 0 Å². The second-order valence-electron chi connectivity index (χ2n) is 6.04. The number of aromatic nitrogens is 3. The van der Waals surface area contributed by atoms with Crippen LogP contribution in [0.25, 0.3) is 10.2 Å². The van der Waals surface area contributed by atoms with Crippen molar-refractivity contribution in [3.63, 3.8) is 0 Å². The Morgan fingerprint density at radius 2 is 2.29 bits per heavy atom. The number of urea groups is 1. The fourth-order valence-corrected chi connectivity index (χ4v) is 3.76. The highest BCUT2D eigenvalue weighted by atomic mass is 32.1. The Hall–Kier alpha value is -2.41. The number of rotatable bonds is 6. The van der Waals surface area contributed by atoms with Crippen LogP contribution in [-0.4, -0.2) is 27.1 Å². The van der Waals surface area contributed by atoms with E-state index in [2.05, 4.69) is 20.6 Å². The summed E-state index contributed by atoms with van der Waals surface area (Å²) in [5.41, 5.74) is 1.83. The van der Waals surface area contributed by atoms with Crippen LogP contribution in [0.4, 0.5) is 10.5 Å². The van der Waals surface area contributed by atoms with Crippen molar-refractivity contribution >= 4 is 33.3 Å². The van der Waals surface area contributed by atoms with E-state index in [9.17, 15) is 4.79 Å². The number of aryl methyl sites for hydroxylation is 1. The van der Waals surface area contributed by atoms with Crippen LogP contribution in [0, 0.1) is 0 Å². The molecular formula is C17H19N5OS. The lowest BCUT2D eigenvalue weighted by molar-refractivity contribution is 0.252. The Morgan fingerprint density at radius 1 is 1.38 bits per heavy atom. The van der Waals surface area contributed by atoms with Crippen LogP contribution in [-0.2, 0) is 6.54 Å². The van der Waals surface area contributed by atoms with Crippen molar-refractivity contribution in [2.75, 3.05) is 11.9 Å². The van der Waals surface area contributed by atoms with Gasteiger partial charge in [0, 0.05) is 37.1 Å². The SMILES string of the molecule is O=C(NCCCn1ccnc1)Nc1ccc2nc(C3CC3)sc2c1. The van der Waals surface area contributed by atoms with Gasteiger partial charge in [-0.2, -0.15) is 0 Å². The molecule has 0 radical (unpaired) electrons. The predicted octanol–water partition coefficient (Wildman–Crippen LogP) is 3.58. The van der Waals surface area contributed by atoms with Crippen LogP contribution in [0.3, 0.4) is 0 Å². The summed E-state index contributed by atoms with van der Waals surface area (Å²) in [6.07, 6.45) is 8.83. The fraction of sp³-hybridized carbons (Fsp3) is 0.353. The van der Waals surface area contributed by atoms with Gasteiger partial charge in [0.25, 0.3) is 0 Å². The summed E-state index contributed by atoms with van der Waals surface area (Å²) in [4.78, 5) is 20.6. The molecule has 124 valence electrons. The van der Waals surface area contributed by atoms with Crippen LogP contribution in [0.15, 0.2) is 36.9 Å². The summed E-state index contributed by atoms with van der Waals surface area (Å²) in [6.45, 7) is 1.47. The predicted molar refractivity (Wildman–Crippen MR) is 95.5 cm³/mol. The van der Waals surface area contributed by atoms with E-state index in [0.717, 1.165) is 28.9 Å². The number of hydrogen-bond donors (Lipinski definition) is 2. The van der Waals surface area contributed by atoms with Gasteiger partial charge >= 0.3 is 6.03 Å². The Morgan fingerprint density at radius 3 is 3.08 bits per heavy atom. The molecule has 0 atom stereocenters. The van der Waals surface area contributed by atoms with Gasteiger partial charge in [0.1, 0.15) is 0 Å². The average Bonchev–Trinajstić information content (AvgIpc) is 3.13. The first kappa shape index (κ1) is 15.1. The number of anilines is 1. The summed E-state index contributed by atoms with van der Waals surface area (Å²) in [6, 6.07) is 5.71. The summed E-state index contributed by atoms with van der Waals surface area (Å²) in [7, 11) is 0. The zero-order valence-corrected chi connectivity index (χ0v) is 14.1. The third-order valence-corrected chi connectivity index (χ3v) is 5.21. The molecule has 1 aliphatic rings. The summed E-state index contributed by atoms with van der Waals surface area (Å²) in [5, 5.41) is 7.00. The molecule has 2 N–H and O–H groups in total. The van der Waals surface area contributed by atoms with Gasteiger partial charge in [-0.25, -0.2) is 14.8 Å². The van der Waals surface area contributed by atoms with E-state index in [1.54, 1.807) is 23.9 Å². The van der Waals surface area contributed by atoms with Gasteiger partial charge in [-0.05, 0) is 37.5 Å². The standard InChI is InChI=1S/C17H19N5OS/c23-17(19-6-1-8-22-9-7-18-11-22)20-13-4-5-14-15(10-13)24-16(21-14)12-2-3-12/h4-5,7,9-12H,1-3,6,8H2,(H2,19,20,23). The van der Waals surface area contributed by atoms with Crippen molar-refractivity contribution in [3.8, 4) is 0 Å². The van der Waals surface area contributed by atoms with Crippen molar-refractivity contribution < 1.29 is 4.79 Å². The fourth-order valence-electron chi connectivity index (χ4n) is 2.58. The van der Waals surface area contributed by atoms with Crippen LogP contribution >= 0.6 is 11.3 Å². The van der Waals surface area contributed by atoms with Crippen molar-refractivity contribution in [1.29, 1.82) is 0 Å². The van der Waals surface area contributed by atoms with E-state index in [4.69, 9.17) is 0 Å². The molecule has 1 fully saturated rings. The molecule has 0 unspecified atom stereocenters. The summed E-state index contributed by atoms with van der Waals surface area (Å²) < 4.78 is 3.13. The molecule has 1 aliphatic carbocycles. The maximum atomic E-state index is 12.0. The number of nitrogens with zero attached hydrogens (tertiary/aromatic N) is 3. The van der Waals surface area contributed by atoms with E-state index >= 15 is 0 Å². The number of hydrogen-bond acceptors (Lipinski definition) is 4. The van der Waals surface area contributed by atoms with Gasteiger partial charge in [0.2, 0.25) is 0 Å². The van der Waals surface area contributed by atoms with Gasteiger partial charge in [0.15, 0.2) is 0 Å². The molecule has 2 heterocycles. The number of carbonyl (C=O) groups is 1. The van der Waals surface area contributed by atoms with Gasteiger partial charge in [-0.3, -0.25) is 0 Å². The first-order valence-electron chi connectivity index (χ1n) is 8.19. The molecule has 4 rings (SSSR count). The molecule has 0 bridgehead atoms. The molecular weight excluding hydrogens is 322 g/mol. The van der Waals surface area contributed by atoms with Gasteiger partial charge < -0.3 is 15.2 Å². The van der Waals surface area contributed by atoms with Crippen molar-refractivity contribution in [2.24, 2.45) is 0 Å². The van der Waals surface area contributed by atoms with Crippen LogP contribution in [0.1, 0.15) is 30.2 Å². The largest absolute Gasteiger partial charge is 0.338 e. The molecule has 1 saturated carbocycles. The number of carbonyl (C=O) groups excluding carboxylic acids is 1. The first-order chi connectivity index (χ1) is 11.8. The quantitative estimate of drug-likeness (QED) is 0.673. The average molecular weight is 341 g/mol. The van der Waals surface area contributed by atoms with Crippen LogP contribution in [0.2, 0.25) is 0 Å². The minimum absolute atomic E-state index is 0.174. The van der Waals surface area contributed by atoms with Crippen molar-refractivity contribution in [1.82, 2.24) is 19.9 Å². The number of nitrogens with one attached hydrogen (secondary N) is 2. The molecule has 1 aromatic carbocycles. The number of benzene rings is 1. The van der Waals surface area contributed by atoms with Crippen LogP contribution < -0.4 is 10.6 Å². The molecule has 24 heavy (non-hydrogen) atoms. The Balaban J connectivity index is 1.29. The summed E-state index contributed by atoms with van der Waals surface area (Å²) >= 11 is 1.74. The topological polar surface area (TPSA) is 71.8 Å². The third kappa shape index (κ3) is 3.56. The van der Waals surface area contributed by atoms with Crippen molar-refractivity contribution in [2.45, 2.75) is 31.7 Å². The van der Waals surface area contributed by atoms with Crippen molar-refractivity contribution in [3.05, 3.63) is 41.9 Å². The van der Waals surface area contributed by atoms with Gasteiger partial charge in [-0.15, -0.1) is 11.3 Å². The number of thiazole rings is 1. The second-order valence-corrected chi connectivity index (χ2v) is 7.11. The number of imidazole rings is 1. The minimum Gasteiger partial charge on any atom is -0.338 e. The lowest BCUT2D eigenvalue weighted by Crippen LogP contribution is -2.29. The van der Waals surface area contributed by atoms with E-state index in [1.165, 1.54) is 17.8 Å². The molecule has 2 aromatic heterocycles. The number of fused-ring (bicyclic) bond motifs is 1. The van der Waals surface area contributed by atoms with Gasteiger partial charge in [-0.1, -0.05) is 0 Å². The van der Waals surface area contributed by atoms with Gasteiger partial charge in [0.05, 0.1) is 21.6 Å². The normalized spacial score (nSPS) is 14.0. The summed E-state index contributed by atoms with van der Waals surface area (Å²) in [5.74, 6) is 0.664. The lowest BCUT2D eigenvalue weighted by atomic mass is 10.3. The molecule has 2 amide bonds. The maximum Gasteiger partial charge on any atom is 0.319 e. The van der Waals surface area contributed by atoms with Crippen LogP contribution in [0.5, 0.6) is 0 Å². The molecule has 6 nitrogen and oxygen atoms in total. The molecule has 0 saturated heterocycles. The Labute approximate surface area is 143 Å². The lowest BCUT2D eigenvalue weighted by Gasteiger charge is -2.08. The zero-order valence-electron chi connectivity index (χ0n) is 13.2. The second kappa shape index (κ2) is 6.60. The smallest absolute Gasteiger partial charge is 0.319 e. The Bertz CT molecular complexity index is 838. The first-order valence-corrected chi connectivity index (χ1v) is 9.01. The van der Waals surface area contributed by atoms with E-state index in [-0.39, 0.29) is 6.03 Å². The Kier molecular flexibility index (Phi) is 4.17. The number of amides is 2. The van der Waals surface area contributed by atoms with E-state index in [1.807, 2.05) is 29.0 Å².